The Hall–Kier alpha value is -3.52. The van der Waals surface area contributed by atoms with Gasteiger partial charge in [-0.25, -0.2) is 12.8 Å². The predicted molar refractivity (Wildman–Crippen MR) is 141 cm³/mol. The van der Waals surface area contributed by atoms with E-state index in [4.69, 9.17) is 0 Å². The third-order valence-corrected chi connectivity index (χ3v) is 6.90. The molecule has 0 atom stereocenters. The number of nitrogens with zero attached hydrogens (tertiary/aromatic N) is 1. The fraction of sp³-hybridized carbons (Fsp3) is 0.286. The molecule has 0 aliphatic heterocycles. The van der Waals surface area contributed by atoms with Crippen molar-refractivity contribution in [2.24, 2.45) is 0 Å². The lowest BCUT2D eigenvalue weighted by atomic mass is 9.86. The fourth-order valence-electron chi connectivity index (χ4n) is 3.73. The molecule has 6 nitrogen and oxygen atoms in total. The number of sulfonamides is 1. The number of amides is 1. The molecular weight excluding hydrogens is 479 g/mol. The zero-order chi connectivity index (χ0) is 26.5. The van der Waals surface area contributed by atoms with Crippen LogP contribution in [-0.4, -0.2) is 32.9 Å². The van der Waals surface area contributed by atoms with Gasteiger partial charge in [-0.1, -0.05) is 57.2 Å². The summed E-state index contributed by atoms with van der Waals surface area (Å²) in [7, 11) is -3.60. The number of carbonyl (C=O) groups excluding carboxylic acids is 2. The van der Waals surface area contributed by atoms with Crippen LogP contribution in [-0.2, 0) is 20.2 Å². The lowest BCUT2D eigenvalue weighted by Crippen LogP contribution is -2.31. The first-order valence-electron chi connectivity index (χ1n) is 11.6. The quantitative estimate of drug-likeness (QED) is 0.383. The highest BCUT2D eigenvalue weighted by molar-refractivity contribution is 7.92. The molecule has 0 aliphatic carbocycles. The number of anilines is 2. The molecule has 3 aromatic rings. The van der Waals surface area contributed by atoms with Gasteiger partial charge in [0.15, 0.2) is 5.78 Å². The van der Waals surface area contributed by atoms with Crippen LogP contribution in [0.15, 0.2) is 72.8 Å². The summed E-state index contributed by atoms with van der Waals surface area (Å²) < 4.78 is 38.7. The third kappa shape index (κ3) is 7.24. The molecule has 0 fully saturated rings. The van der Waals surface area contributed by atoms with E-state index < -0.39 is 15.8 Å². The lowest BCUT2D eigenvalue weighted by molar-refractivity contribution is -0.116. The van der Waals surface area contributed by atoms with Crippen molar-refractivity contribution in [3.63, 3.8) is 0 Å². The van der Waals surface area contributed by atoms with Crippen LogP contribution in [0.2, 0.25) is 0 Å². The average Bonchev–Trinajstić information content (AvgIpc) is 2.81. The van der Waals surface area contributed by atoms with Crippen LogP contribution in [0.25, 0.3) is 0 Å². The van der Waals surface area contributed by atoms with Gasteiger partial charge in [0.1, 0.15) is 5.82 Å². The molecule has 0 spiro atoms. The molecule has 1 amide bonds. The van der Waals surface area contributed by atoms with Crippen molar-refractivity contribution in [1.29, 1.82) is 0 Å². The lowest BCUT2D eigenvalue weighted by Gasteiger charge is -2.22. The van der Waals surface area contributed by atoms with Crippen LogP contribution < -0.4 is 9.62 Å². The highest BCUT2D eigenvalue weighted by Gasteiger charge is 2.18. The first-order chi connectivity index (χ1) is 16.8. The largest absolute Gasteiger partial charge is 0.326 e. The second kappa shape index (κ2) is 11.0. The molecule has 0 aromatic heterocycles. The van der Waals surface area contributed by atoms with Gasteiger partial charge >= 0.3 is 0 Å². The Balaban J connectivity index is 1.61. The highest BCUT2D eigenvalue weighted by Crippen LogP contribution is 2.24. The summed E-state index contributed by atoms with van der Waals surface area (Å²) >= 11 is 0. The zero-order valence-electron chi connectivity index (χ0n) is 20.9. The minimum Gasteiger partial charge on any atom is -0.326 e. The van der Waals surface area contributed by atoms with E-state index in [1.807, 2.05) is 24.3 Å². The second-order valence-electron chi connectivity index (χ2n) is 9.70. The van der Waals surface area contributed by atoms with Crippen molar-refractivity contribution in [2.45, 2.75) is 39.0 Å². The van der Waals surface area contributed by atoms with E-state index in [1.54, 1.807) is 24.3 Å². The van der Waals surface area contributed by atoms with E-state index in [0.717, 1.165) is 16.1 Å². The first-order valence-corrected chi connectivity index (χ1v) is 13.5. The molecular formula is C28H31FN2O4S. The number of carbonyl (C=O) groups is 2. The predicted octanol–water partition coefficient (Wildman–Crippen LogP) is 5.54. The minimum absolute atomic E-state index is 0.0108. The van der Waals surface area contributed by atoms with Crippen LogP contribution in [0.3, 0.4) is 0 Å². The molecule has 0 heterocycles. The van der Waals surface area contributed by atoms with Gasteiger partial charge in [0.2, 0.25) is 15.9 Å². The van der Waals surface area contributed by atoms with Crippen molar-refractivity contribution in [2.75, 3.05) is 22.4 Å². The summed E-state index contributed by atoms with van der Waals surface area (Å²) in [5.74, 6) is -0.912. The number of rotatable bonds is 9. The van der Waals surface area contributed by atoms with E-state index >= 15 is 0 Å². The Morgan fingerprint density at radius 2 is 1.56 bits per heavy atom. The van der Waals surface area contributed by atoms with Crippen LogP contribution in [0.1, 0.15) is 55.1 Å². The smallest absolute Gasteiger partial charge is 0.232 e. The Morgan fingerprint density at radius 3 is 2.14 bits per heavy atom. The summed E-state index contributed by atoms with van der Waals surface area (Å²) in [6.07, 6.45) is 1.39. The fourth-order valence-corrected chi connectivity index (χ4v) is 4.69. The number of benzene rings is 3. The average molecular weight is 511 g/mol. The second-order valence-corrected chi connectivity index (χ2v) is 11.6. The van der Waals surface area contributed by atoms with E-state index in [0.29, 0.717) is 22.5 Å². The maximum Gasteiger partial charge on any atom is 0.232 e. The zero-order valence-corrected chi connectivity index (χ0v) is 21.7. The summed E-state index contributed by atoms with van der Waals surface area (Å²) in [5, 5.41) is 2.77. The number of ketones is 1. The summed E-state index contributed by atoms with van der Waals surface area (Å²) in [4.78, 5) is 25.4. The Bertz CT molecular complexity index is 1330. The Kier molecular flexibility index (Phi) is 8.30. The van der Waals surface area contributed by atoms with Crippen LogP contribution >= 0.6 is 0 Å². The molecule has 0 saturated heterocycles. The SMILES string of the molecule is CC(C)(C)c1ccc(C(=O)c2cccc(NC(=O)CCCN(c3ccc(F)cc3)S(C)(=O)=O)c2)cc1. The van der Waals surface area contributed by atoms with Gasteiger partial charge in [-0.2, -0.15) is 0 Å². The summed E-state index contributed by atoms with van der Waals surface area (Å²) in [6.45, 7) is 6.40. The van der Waals surface area contributed by atoms with Gasteiger partial charge in [0.25, 0.3) is 0 Å². The van der Waals surface area contributed by atoms with Gasteiger partial charge in [-0.05, 0) is 53.8 Å². The molecule has 0 aliphatic rings. The molecule has 8 heteroatoms. The minimum atomic E-state index is -3.60. The third-order valence-electron chi connectivity index (χ3n) is 5.70. The summed E-state index contributed by atoms with van der Waals surface area (Å²) in [6, 6.07) is 19.4. The van der Waals surface area contributed by atoms with E-state index in [-0.39, 0.29) is 36.5 Å². The van der Waals surface area contributed by atoms with Crippen LogP contribution in [0.4, 0.5) is 15.8 Å². The van der Waals surface area contributed by atoms with Crippen molar-refractivity contribution in [3.8, 4) is 0 Å². The molecule has 1 N–H and O–H groups in total. The number of nitrogens with one attached hydrogen (secondary N) is 1. The maximum absolute atomic E-state index is 13.2. The van der Waals surface area contributed by atoms with Gasteiger partial charge in [-0.3, -0.25) is 13.9 Å². The monoisotopic (exact) mass is 510 g/mol. The van der Waals surface area contributed by atoms with Gasteiger partial charge in [0, 0.05) is 29.8 Å². The molecule has 0 radical (unpaired) electrons. The van der Waals surface area contributed by atoms with Crippen LogP contribution in [0, 0.1) is 5.82 Å². The van der Waals surface area contributed by atoms with Gasteiger partial charge in [-0.15, -0.1) is 0 Å². The van der Waals surface area contributed by atoms with E-state index in [1.165, 1.54) is 24.3 Å². The molecule has 0 unspecified atom stereocenters. The molecule has 0 bridgehead atoms. The standard InChI is InChI=1S/C28H31FN2O4S/c1-28(2,3)22-12-10-20(11-13-22)27(33)21-7-5-8-24(19-21)30-26(32)9-6-18-31(36(4,34)35)25-16-14-23(29)15-17-25/h5,7-8,10-17,19H,6,9,18H2,1-4H3,(H,30,32). The topological polar surface area (TPSA) is 83.6 Å². The maximum atomic E-state index is 13.2. The van der Waals surface area contributed by atoms with Crippen molar-refractivity contribution in [1.82, 2.24) is 0 Å². The normalized spacial score (nSPS) is 11.7. The summed E-state index contributed by atoms with van der Waals surface area (Å²) in [5.41, 5.74) is 2.96. The Labute approximate surface area is 212 Å². The molecule has 36 heavy (non-hydrogen) atoms. The van der Waals surface area contributed by atoms with Gasteiger partial charge in [0.05, 0.1) is 11.9 Å². The number of hydrogen-bond donors (Lipinski definition) is 1. The molecule has 3 rings (SSSR count). The number of hydrogen-bond acceptors (Lipinski definition) is 4. The van der Waals surface area contributed by atoms with Crippen molar-refractivity contribution >= 4 is 33.1 Å². The molecule has 0 saturated carbocycles. The van der Waals surface area contributed by atoms with E-state index in [2.05, 4.69) is 26.1 Å². The van der Waals surface area contributed by atoms with Gasteiger partial charge < -0.3 is 5.32 Å². The van der Waals surface area contributed by atoms with E-state index in [9.17, 15) is 22.4 Å². The van der Waals surface area contributed by atoms with Crippen molar-refractivity contribution < 1.29 is 22.4 Å². The number of halogens is 1. The molecule has 3 aromatic carbocycles. The van der Waals surface area contributed by atoms with Crippen LogP contribution in [0.5, 0.6) is 0 Å². The Morgan fingerprint density at radius 1 is 0.917 bits per heavy atom. The first kappa shape index (κ1) is 27.1. The molecule has 190 valence electrons. The highest BCUT2D eigenvalue weighted by atomic mass is 32.2. The van der Waals surface area contributed by atoms with Crippen molar-refractivity contribution in [3.05, 3.63) is 95.3 Å².